The van der Waals surface area contributed by atoms with E-state index in [2.05, 4.69) is 0 Å². The summed E-state index contributed by atoms with van der Waals surface area (Å²) in [6.07, 6.45) is -0.907. The number of hydrogen-bond donors (Lipinski definition) is 1. The van der Waals surface area contributed by atoms with Crippen LogP contribution in [0.2, 0.25) is 5.02 Å². The van der Waals surface area contributed by atoms with E-state index in [9.17, 15) is 9.59 Å². The van der Waals surface area contributed by atoms with Crippen molar-refractivity contribution in [3.05, 3.63) is 75.7 Å². The van der Waals surface area contributed by atoms with Crippen LogP contribution in [0.15, 0.2) is 59.4 Å². The Morgan fingerprint density at radius 1 is 1.04 bits per heavy atom. The summed E-state index contributed by atoms with van der Waals surface area (Å²) < 4.78 is 7.17. The third-order valence-corrected chi connectivity index (χ3v) is 5.55. The van der Waals surface area contributed by atoms with E-state index in [0.717, 1.165) is 0 Å². The van der Waals surface area contributed by atoms with Crippen LogP contribution in [0.1, 0.15) is 33.4 Å². The van der Waals surface area contributed by atoms with Crippen molar-refractivity contribution in [2.24, 2.45) is 11.1 Å². The number of para-hydroxylation sites is 1. The van der Waals surface area contributed by atoms with E-state index < -0.39 is 17.1 Å². The predicted molar refractivity (Wildman–Crippen MR) is 112 cm³/mol. The minimum Gasteiger partial charge on any atom is -0.436 e. The molecular formula is C22H23ClN2O3. The van der Waals surface area contributed by atoms with Gasteiger partial charge in [0, 0.05) is 11.1 Å². The third kappa shape index (κ3) is 3.27. The highest BCUT2D eigenvalue weighted by Crippen LogP contribution is 2.43. The molecular weight excluding hydrogens is 376 g/mol. The maximum atomic E-state index is 13.5. The number of nitrogens with two attached hydrogens (primary N) is 1. The molecule has 2 aromatic carbocycles. The molecule has 5 nitrogen and oxygen atoms in total. The summed E-state index contributed by atoms with van der Waals surface area (Å²) in [5.74, 6) is 0. The zero-order chi connectivity index (χ0) is 20.7. The summed E-state index contributed by atoms with van der Waals surface area (Å²) in [6.45, 7) is 7.55. The number of rotatable bonds is 3. The summed E-state index contributed by atoms with van der Waals surface area (Å²) in [6, 6.07) is 16.3. The molecule has 0 radical (unpaired) electrons. The van der Waals surface area contributed by atoms with Gasteiger partial charge >= 0.3 is 6.09 Å². The molecule has 0 aliphatic rings. The Hall–Kier alpha value is -2.79. The Morgan fingerprint density at radius 3 is 2.25 bits per heavy atom. The van der Waals surface area contributed by atoms with Crippen LogP contribution in [0.5, 0.6) is 0 Å². The number of aromatic nitrogens is 1. The van der Waals surface area contributed by atoms with Gasteiger partial charge in [-0.15, -0.1) is 0 Å². The quantitative estimate of drug-likeness (QED) is 0.674. The lowest BCUT2D eigenvalue weighted by molar-refractivity contribution is -0.0606. The molecule has 1 atom stereocenters. The van der Waals surface area contributed by atoms with Crippen molar-refractivity contribution in [2.75, 3.05) is 0 Å². The first-order valence-electron chi connectivity index (χ1n) is 8.95. The van der Waals surface area contributed by atoms with Crippen molar-refractivity contribution < 1.29 is 9.53 Å². The normalized spacial score (nSPS) is 13.9. The number of benzene rings is 2. The van der Waals surface area contributed by atoms with Gasteiger partial charge < -0.3 is 10.5 Å². The largest absolute Gasteiger partial charge is 0.436 e. The number of primary amides is 1. The van der Waals surface area contributed by atoms with E-state index in [1.165, 1.54) is 0 Å². The summed E-state index contributed by atoms with van der Waals surface area (Å²) in [7, 11) is 0. The molecule has 28 heavy (non-hydrogen) atoms. The van der Waals surface area contributed by atoms with Crippen LogP contribution >= 0.6 is 11.6 Å². The molecule has 1 amide bonds. The van der Waals surface area contributed by atoms with Crippen molar-refractivity contribution in [2.45, 2.75) is 33.3 Å². The topological polar surface area (TPSA) is 74.3 Å². The fraction of sp³-hybridized carbons (Fsp3) is 0.273. The molecule has 0 spiro atoms. The van der Waals surface area contributed by atoms with Crippen molar-refractivity contribution >= 4 is 28.5 Å². The lowest BCUT2D eigenvalue weighted by Gasteiger charge is -2.42. The third-order valence-electron chi connectivity index (χ3n) is 5.23. The van der Waals surface area contributed by atoms with Crippen LogP contribution in [-0.4, -0.2) is 10.7 Å². The van der Waals surface area contributed by atoms with Gasteiger partial charge in [-0.2, -0.15) is 0 Å². The summed E-state index contributed by atoms with van der Waals surface area (Å²) in [5, 5.41) is 1.45. The maximum Gasteiger partial charge on any atom is 0.405 e. The van der Waals surface area contributed by atoms with Crippen LogP contribution in [0.3, 0.4) is 0 Å². The monoisotopic (exact) mass is 398 g/mol. The van der Waals surface area contributed by atoms with Gasteiger partial charge in [0.2, 0.25) is 0 Å². The van der Waals surface area contributed by atoms with Crippen molar-refractivity contribution in [3.63, 3.8) is 0 Å². The van der Waals surface area contributed by atoms with E-state index in [1.807, 2.05) is 63.2 Å². The lowest BCUT2D eigenvalue weighted by Crippen LogP contribution is -2.46. The van der Waals surface area contributed by atoms with Gasteiger partial charge in [0.15, 0.2) is 5.60 Å². The summed E-state index contributed by atoms with van der Waals surface area (Å²) >= 11 is 6.34. The van der Waals surface area contributed by atoms with Crippen LogP contribution < -0.4 is 11.3 Å². The van der Waals surface area contributed by atoms with Crippen LogP contribution in [-0.2, 0) is 10.3 Å². The molecule has 6 heteroatoms. The van der Waals surface area contributed by atoms with Gasteiger partial charge in [0.05, 0.1) is 16.1 Å². The van der Waals surface area contributed by atoms with Crippen molar-refractivity contribution in [3.8, 4) is 5.69 Å². The first-order chi connectivity index (χ1) is 13.1. The standard InChI is InChI=1S/C22H23ClN2O3/c1-21(2,3)22(4,28-20(24)27)17-13-14-9-8-12-16(23)18(14)19(26)25(17)15-10-6-5-7-11-15/h5-13H,1-4H3,(H2,24,27)/t22-/m1/s1. The van der Waals surface area contributed by atoms with Gasteiger partial charge in [-0.25, -0.2) is 4.79 Å². The number of pyridine rings is 1. The fourth-order valence-corrected chi connectivity index (χ4v) is 3.56. The highest BCUT2D eigenvalue weighted by molar-refractivity contribution is 6.35. The van der Waals surface area contributed by atoms with Gasteiger partial charge in [0.1, 0.15) is 0 Å². The molecule has 0 bridgehead atoms. The van der Waals surface area contributed by atoms with E-state index in [-0.39, 0.29) is 5.56 Å². The number of ether oxygens (including phenoxy) is 1. The Morgan fingerprint density at radius 2 is 1.68 bits per heavy atom. The van der Waals surface area contributed by atoms with E-state index in [0.29, 0.717) is 27.2 Å². The van der Waals surface area contributed by atoms with Crippen molar-refractivity contribution in [1.82, 2.24) is 4.57 Å². The first kappa shape index (κ1) is 20.0. The number of halogens is 1. The second-order valence-corrected chi connectivity index (χ2v) is 8.32. The molecule has 0 aliphatic carbocycles. The zero-order valence-corrected chi connectivity index (χ0v) is 17.1. The number of hydrogen-bond acceptors (Lipinski definition) is 3. The molecule has 0 fully saturated rings. The Kier molecular flexibility index (Phi) is 4.98. The summed E-state index contributed by atoms with van der Waals surface area (Å²) in [5.41, 5.74) is 4.55. The molecule has 0 saturated heterocycles. The maximum absolute atomic E-state index is 13.5. The second-order valence-electron chi connectivity index (χ2n) is 7.91. The Bertz CT molecular complexity index is 1100. The second kappa shape index (κ2) is 6.99. The average molecular weight is 399 g/mol. The van der Waals surface area contributed by atoms with Crippen LogP contribution in [0.4, 0.5) is 4.79 Å². The first-order valence-corrected chi connectivity index (χ1v) is 9.32. The van der Waals surface area contributed by atoms with E-state index >= 15 is 0 Å². The molecule has 2 N–H and O–H groups in total. The molecule has 3 aromatic rings. The lowest BCUT2D eigenvalue weighted by atomic mass is 9.74. The molecule has 0 unspecified atom stereocenters. The fourth-order valence-electron chi connectivity index (χ4n) is 3.30. The van der Waals surface area contributed by atoms with Gasteiger partial charge in [-0.3, -0.25) is 9.36 Å². The van der Waals surface area contributed by atoms with Gasteiger partial charge in [0.25, 0.3) is 5.56 Å². The van der Waals surface area contributed by atoms with E-state index in [1.54, 1.807) is 23.6 Å². The van der Waals surface area contributed by atoms with Gasteiger partial charge in [-0.05, 0) is 36.6 Å². The molecule has 3 rings (SSSR count). The average Bonchev–Trinajstić information content (AvgIpc) is 2.60. The zero-order valence-electron chi connectivity index (χ0n) is 16.3. The van der Waals surface area contributed by atoms with Crippen LogP contribution in [0, 0.1) is 5.41 Å². The van der Waals surface area contributed by atoms with Crippen molar-refractivity contribution in [1.29, 1.82) is 0 Å². The summed E-state index contributed by atoms with van der Waals surface area (Å²) in [4.78, 5) is 25.3. The smallest absolute Gasteiger partial charge is 0.405 e. The van der Waals surface area contributed by atoms with Crippen LogP contribution in [0.25, 0.3) is 16.5 Å². The number of nitrogens with zero attached hydrogens (tertiary/aromatic N) is 1. The predicted octanol–water partition coefficient (Wildman–Crippen LogP) is 5.00. The molecule has 1 aromatic heterocycles. The number of fused-ring (bicyclic) bond motifs is 1. The van der Waals surface area contributed by atoms with E-state index in [4.69, 9.17) is 22.1 Å². The number of carbonyl (C=O) groups excluding carboxylic acids is 1. The highest BCUT2D eigenvalue weighted by Gasteiger charge is 2.45. The minimum atomic E-state index is -1.18. The highest BCUT2D eigenvalue weighted by atomic mass is 35.5. The SMILES string of the molecule is CC(C)(C)[C@](C)(OC(N)=O)c1cc2cccc(Cl)c2c(=O)n1-c1ccccc1. The molecule has 0 aliphatic heterocycles. The molecule has 146 valence electrons. The van der Waals surface area contributed by atoms with Gasteiger partial charge in [-0.1, -0.05) is 62.7 Å². The Labute approximate surface area is 168 Å². The molecule has 1 heterocycles. The number of amides is 1. The number of carbonyl (C=O) groups is 1. The Balaban J connectivity index is 2.51. The minimum absolute atomic E-state index is 0.284. The molecule has 0 saturated carbocycles.